The van der Waals surface area contributed by atoms with E-state index < -0.39 is 0 Å². The van der Waals surface area contributed by atoms with E-state index in [1.54, 1.807) is 0 Å². The van der Waals surface area contributed by atoms with Gasteiger partial charge in [0.2, 0.25) is 0 Å². The number of aromatic nitrogens is 1. The molecule has 2 aromatic rings. The van der Waals surface area contributed by atoms with Gasteiger partial charge in [-0.15, -0.1) is 0 Å². The first-order chi connectivity index (χ1) is 7.11. The highest BCUT2D eigenvalue weighted by Crippen LogP contribution is 2.28. The second kappa shape index (κ2) is 3.70. The molecule has 0 fully saturated rings. The van der Waals surface area contributed by atoms with E-state index in [0.717, 1.165) is 0 Å². The summed E-state index contributed by atoms with van der Waals surface area (Å²) in [6.45, 7) is 6.44. The molecule has 0 saturated carbocycles. The van der Waals surface area contributed by atoms with Crippen LogP contribution in [0.3, 0.4) is 0 Å². The predicted molar refractivity (Wildman–Crippen MR) is 64.9 cm³/mol. The zero-order valence-electron chi connectivity index (χ0n) is 9.57. The lowest BCUT2D eigenvalue weighted by atomic mass is 10.0. The van der Waals surface area contributed by atoms with Crippen molar-refractivity contribution in [1.82, 2.24) is 4.57 Å². The van der Waals surface area contributed by atoms with E-state index in [0.29, 0.717) is 5.92 Å². The smallest absolute Gasteiger partial charge is 0.0786 e. The van der Waals surface area contributed by atoms with Crippen LogP contribution in [0.1, 0.15) is 38.4 Å². The van der Waals surface area contributed by atoms with Crippen molar-refractivity contribution in [3.63, 3.8) is 0 Å². The molecular weight excluding hydrogens is 184 g/mol. The van der Waals surface area contributed by atoms with Crippen molar-refractivity contribution in [2.45, 2.75) is 32.9 Å². The fourth-order valence-corrected chi connectivity index (χ4v) is 2.03. The summed E-state index contributed by atoms with van der Waals surface area (Å²) in [6.07, 6.45) is 2.21. The van der Waals surface area contributed by atoms with E-state index in [2.05, 4.69) is 48.9 Å². The van der Waals surface area contributed by atoms with E-state index in [1.165, 1.54) is 16.5 Å². The third kappa shape index (κ3) is 1.65. The highest BCUT2D eigenvalue weighted by molar-refractivity contribution is 5.84. The van der Waals surface area contributed by atoms with Crippen molar-refractivity contribution >= 4 is 10.9 Å². The number of hydrogen-bond donors (Lipinski definition) is 1. The van der Waals surface area contributed by atoms with Crippen molar-refractivity contribution in [1.29, 1.82) is 0 Å². The van der Waals surface area contributed by atoms with Gasteiger partial charge < -0.3 is 10.3 Å². The Morgan fingerprint density at radius 2 is 1.80 bits per heavy atom. The summed E-state index contributed by atoms with van der Waals surface area (Å²) in [6, 6.07) is 8.44. The lowest BCUT2D eigenvalue weighted by Crippen LogP contribution is -2.13. The van der Waals surface area contributed by atoms with Crippen molar-refractivity contribution < 1.29 is 0 Å². The molecule has 0 radical (unpaired) electrons. The maximum Gasteiger partial charge on any atom is 0.0786 e. The summed E-state index contributed by atoms with van der Waals surface area (Å²) in [4.78, 5) is 0. The SMILES string of the molecule is CC(C)c1cn(C(C)N)c2ccccc12. The summed E-state index contributed by atoms with van der Waals surface area (Å²) in [7, 11) is 0. The second-order valence-electron chi connectivity index (χ2n) is 4.40. The Morgan fingerprint density at radius 3 is 2.40 bits per heavy atom. The minimum absolute atomic E-state index is 0.0300. The Balaban J connectivity index is 2.73. The minimum Gasteiger partial charge on any atom is -0.332 e. The van der Waals surface area contributed by atoms with Gasteiger partial charge in [-0.1, -0.05) is 32.0 Å². The normalized spacial score (nSPS) is 13.7. The summed E-state index contributed by atoms with van der Waals surface area (Å²) in [5.74, 6) is 0.537. The highest BCUT2D eigenvalue weighted by Gasteiger charge is 2.11. The van der Waals surface area contributed by atoms with Crippen LogP contribution >= 0.6 is 0 Å². The van der Waals surface area contributed by atoms with Crippen LogP contribution < -0.4 is 5.73 Å². The molecule has 1 aromatic heterocycles. The van der Waals surface area contributed by atoms with Gasteiger partial charge >= 0.3 is 0 Å². The van der Waals surface area contributed by atoms with Crippen LogP contribution in [0.4, 0.5) is 0 Å². The van der Waals surface area contributed by atoms with Crippen LogP contribution in [0.25, 0.3) is 10.9 Å². The van der Waals surface area contributed by atoms with Gasteiger partial charge in [-0.05, 0) is 24.5 Å². The first-order valence-corrected chi connectivity index (χ1v) is 5.46. The highest BCUT2D eigenvalue weighted by atomic mass is 15.1. The molecule has 2 N–H and O–H groups in total. The third-order valence-corrected chi connectivity index (χ3v) is 2.83. The Labute approximate surface area is 90.7 Å². The van der Waals surface area contributed by atoms with Crippen molar-refractivity contribution in [3.8, 4) is 0 Å². The van der Waals surface area contributed by atoms with Gasteiger partial charge in [-0.25, -0.2) is 0 Å². The number of rotatable bonds is 2. The number of benzene rings is 1. The fourth-order valence-electron chi connectivity index (χ4n) is 2.03. The second-order valence-corrected chi connectivity index (χ2v) is 4.40. The summed E-state index contributed by atoms with van der Waals surface area (Å²) in [5.41, 5.74) is 8.57. The number of nitrogens with two attached hydrogens (primary N) is 1. The van der Waals surface area contributed by atoms with Crippen LogP contribution in [-0.4, -0.2) is 4.57 Å². The van der Waals surface area contributed by atoms with Crippen LogP contribution in [0.5, 0.6) is 0 Å². The zero-order valence-corrected chi connectivity index (χ0v) is 9.57. The topological polar surface area (TPSA) is 30.9 Å². The molecule has 2 nitrogen and oxygen atoms in total. The molecule has 1 atom stereocenters. The third-order valence-electron chi connectivity index (χ3n) is 2.83. The molecule has 1 aromatic carbocycles. The molecule has 0 amide bonds. The van der Waals surface area contributed by atoms with Crippen molar-refractivity contribution in [3.05, 3.63) is 36.0 Å². The zero-order chi connectivity index (χ0) is 11.0. The van der Waals surface area contributed by atoms with Gasteiger partial charge in [0, 0.05) is 17.1 Å². The largest absolute Gasteiger partial charge is 0.332 e. The Bertz CT molecular complexity index is 424. The summed E-state index contributed by atoms with van der Waals surface area (Å²) in [5, 5.41) is 1.32. The Hall–Kier alpha value is -1.28. The minimum atomic E-state index is 0.0300. The number of hydrogen-bond acceptors (Lipinski definition) is 1. The summed E-state index contributed by atoms with van der Waals surface area (Å²) >= 11 is 0. The van der Waals surface area contributed by atoms with E-state index >= 15 is 0 Å². The molecule has 1 unspecified atom stereocenters. The first-order valence-electron chi connectivity index (χ1n) is 5.46. The maximum absolute atomic E-state index is 5.96. The number of nitrogens with zero attached hydrogens (tertiary/aromatic N) is 1. The van der Waals surface area contributed by atoms with Crippen LogP contribution in [0, 0.1) is 0 Å². The lowest BCUT2D eigenvalue weighted by Gasteiger charge is -2.08. The van der Waals surface area contributed by atoms with Gasteiger partial charge in [0.05, 0.1) is 6.17 Å². The molecule has 2 rings (SSSR count). The van der Waals surface area contributed by atoms with Gasteiger partial charge in [0.15, 0.2) is 0 Å². The van der Waals surface area contributed by atoms with Crippen LogP contribution in [0.15, 0.2) is 30.5 Å². The average Bonchev–Trinajstić information content (AvgIpc) is 2.56. The van der Waals surface area contributed by atoms with Crippen molar-refractivity contribution in [2.24, 2.45) is 5.73 Å². The number of fused-ring (bicyclic) bond motifs is 1. The molecule has 0 saturated heterocycles. The quantitative estimate of drug-likeness (QED) is 0.796. The monoisotopic (exact) mass is 202 g/mol. The fraction of sp³-hybridized carbons (Fsp3) is 0.385. The Morgan fingerprint density at radius 1 is 1.13 bits per heavy atom. The predicted octanol–water partition coefficient (Wildman–Crippen LogP) is 3.24. The average molecular weight is 202 g/mol. The molecule has 0 bridgehead atoms. The maximum atomic E-state index is 5.96. The van der Waals surface area contributed by atoms with E-state index in [1.807, 2.05) is 6.92 Å². The van der Waals surface area contributed by atoms with E-state index in [4.69, 9.17) is 5.73 Å². The number of para-hydroxylation sites is 1. The molecule has 0 aliphatic heterocycles. The molecule has 15 heavy (non-hydrogen) atoms. The molecule has 0 spiro atoms. The van der Waals surface area contributed by atoms with Gasteiger partial charge in [-0.3, -0.25) is 0 Å². The molecule has 80 valence electrons. The van der Waals surface area contributed by atoms with Crippen LogP contribution in [0.2, 0.25) is 0 Å². The summed E-state index contributed by atoms with van der Waals surface area (Å²) < 4.78 is 2.14. The van der Waals surface area contributed by atoms with Crippen LogP contribution in [-0.2, 0) is 0 Å². The van der Waals surface area contributed by atoms with E-state index in [9.17, 15) is 0 Å². The molecule has 1 heterocycles. The van der Waals surface area contributed by atoms with Gasteiger partial charge in [-0.2, -0.15) is 0 Å². The van der Waals surface area contributed by atoms with E-state index in [-0.39, 0.29) is 6.17 Å². The molecule has 0 aliphatic carbocycles. The Kier molecular flexibility index (Phi) is 2.53. The van der Waals surface area contributed by atoms with Gasteiger partial charge in [0.1, 0.15) is 0 Å². The van der Waals surface area contributed by atoms with Gasteiger partial charge in [0.25, 0.3) is 0 Å². The lowest BCUT2D eigenvalue weighted by molar-refractivity contribution is 0.589. The molecular formula is C13H18N2. The first kappa shape index (κ1) is 10.2. The molecule has 2 heteroatoms. The standard InChI is InChI=1S/C13H18N2/c1-9(2)12-8-15(10(3)14)13-7-5-4-6-11(12)13/h4-10H,14H2,1-3H3. The molecule has 0 aliphatic rings. The van der Waals surface area contributed by atoms with Crippen molar-refractivity contribution in [2.75, 3.05) is 0 Å².